The zero-order valence-electron chi connectivity index (χ0n) is 16.5. The molecule has 2 aromatic heterocycles. The van der Waals surface area contributed by atoms with Crippen molar-refractivity contribution in [3.8, 4) is 0 Å². The Labute approximate surface area is 147 Å². The molecule has 2 aliphatic rings. The molecule has 2 aromatic rings. The predicted molar refractivity (Wildman–Crippen MR) is 101 cm³/mol. The molecule has 0 aliphatic heterocycles. The molecule has 0 bridgehead atoms. The second kappa shape index (κ2) is 9.00. The Hall–Kier alpha value is -1.64. The van der Waals surface area contributed by atoms with Crippen LogP contribution in [0.4, 0.5) is 0 Å². The first kappa shape index (κ1) is 20.4. The van der Waals surface area contributed by atoms with Crippen LogP contribution in [0.3, 0.4) is 0 Å². The van der Waals surface area contributed by atoms with Crippen molar-refractivity contribution in [2.75, 3.05) is 0 Å². The first-order valence-electron chi connectivity index (χ1n) is 9.36. The van der Waals surface area contributed by atoms with Gasteiger partial charge in [-0.05, 0) is 49.7 Å². The average molecular weight is 331 g/mol. The molecular formula is C21H34N2O. The Morgan fingerprint density at radius 3 is 1.92 bits per heavy atom. The summed E-state index contributed by atoms with van der Waals surface area (Å²) in [6, 6.07) is 6.21. The van der Waals surface area contributed by atoms with Gasteiger partial charge in [0.05, 0.1) is 5.69 Å². The Morgan fingerprint density at radius 2 is 1.54 bits per heavy atom. The number of hydrogen-bond donors (Lipinski definition) is 0. The van der Waals surface area contributed by atoms with Crippen LogP contribution in [0.25, 0.3) is 0 Å². The highest BCUT2D eigenvalue weighted by molar-refractivity contribution is 5.26. The average Bonchev–Trinajstić information content (AvgIpc) is 3.53. The summed E-state index contributed by atoms with van der Waals surface area (Å²) in [6.07, 6.45) is 8.98. The van der Waals surface area contributed by atoms with E-state index in [0.29, 0.717) is 10.8 Å². The molecule has 2 heterocycles. The van der Waals surface area contributed by atoms with E-state index in [4.69, 9.17) is 4.52 Å². The van der Waals surface area contributed by atoms with Gasteiger partial charge in [-0.25, -0.2) is 0 Å². The number of aromatic nitrogens is 2. The zero-order valence-corrected chi connectivity index (χ0v) is 16.5. The molecule has 0 radical (unpaired) electrons. The van der Waals surface area contributed by atoms with Gasteiger partial charge in [0.25, 0.3) is 0 Å². The van der Waals surface area contributed by atoms with Gasteiger partial charge in [0.15, 0.2) is 0 Å². The number of rotatable bonds is 2. The lowest BCUT2D eigenvalue weighted by atomic mass is 10.0. The van der Waals surface area contributed by atoms with Crippen LogP contribution in [0.1, 0.15) is 84.2 Å². The van der Waals surface area contributed by atoms with Crippen molar-refractivity contribution in [2.24, 2.45) is 0 Å². The van der Waals surface area contributed by atoms with Crippen LogP contribution in [0.2, 0.25) is 0 Å². The quantitative estimate of drug-likeness (QED) is 0.656. The van der Waals surface area contributed by atoms with E-state index in [0.717, 1.165) is 11.5 Å². The number of pyridine rings is 1. The molecule has 0 amide bonds. The molecule has 3 nitrogen and oxygen atoms in total. The van der Waals surface area contributed by atoms with Crippen LogP contribution in [0.15, 0.2) is 35.1 Å². The van der Waals surface area contributed by atoms with Gasteiger partial charge in [-0.2, -0.15) is 0 Å². The summed E-state index contributed by atoms with van der Waals surface area (Å²) in [6.45, 7) is 14.5. The van der Waals surface area contributed by atoms with Gasteiger partial charge in [0.2, 0.25) is 0 Å². The second-order valence-electron chi connectivity index (χ2n) is 6.70. The molecule has 134 valence electrons. The molecule has 4 rings (SSSR count). The van der Waals surface area contributed by atoms with Crippen molar-refractivity contribution in [2.45, 2.75) is 85.0 Å². The minimum Gasteiger partial charge on any atom is -0.361 e. The summed E-state index contributed by atoms with van der Waals surface area (Å²) in [5.74, 6) is 1.06. The van der Waals surface area contributed by atoms with E-state index < -0.39 is 0 Å². The molecule has 0 aromatic carbocycles. The first-order valence-corrected chi connectivity index (χ1v) is 9.36. The lowest BCUT2D eigenvalue weighted by Gasteiger charge is -2.05. The van der Waals surface area contributed by atoms with E-state index in [1.54, 1.807) is 0 Å². The lowest BCUT2D eigenvalue weighted by Crippen LogP contribution is -1.98. The molecule has 0 atom stereocenters. The molecular weight excluding hydrogens is 296 g/mol. The third kappa shape index (κ3) is 5.47. The monoisotopic (exact) mass is 330 g/mol. The Kier molecular flexibility index (Phi) is 7.65. The summed E-state index contributed by atoms with van der Waals surface area (Å²) < 4.78 is 5.14. The van der Waals surface area contributed by atoms with Crippen molar-refractivity contribution >= 4 is 0 Å². The van der Waals surface area contributed by atoms with E-state index in [-0.39, 0.29) is 0 Å². The maximum atomic E-state index is 5.14. The van der Waals surface area contributed by atoms with Crippen molar-refractivity contribution in [1.29, 1.82) is 0 Å². The van der Waals surface area contributed by atoms with E-state index in [1.165, 1.54) is 31.2 Å². The second-order valence-corrected chi connectivity index (χ2v) is 6.70. The molecule has 2 saturated carbocycles. The van der Waals surface area contributed by atoms with E-state index in [2.05, 4.69) is 30.1 Å². The van der Waals surface area contributed by atoms with Crippen LogP contribution in [0.5, 0.6) is 0 Å². The van der Waals surface area contributed by atoms with Gasteiger partial charge >= 0.3 is 0 Å². The topological polar surface area (TPSA) is 38.9 Å². The van der Waals surface area contributed by atoms with E-state index in [9.17, 15) is 0 Å². The summed E-state index contributed by atoms with van der Waals surface area (Å²) in [5, 5.41) is 3.85. The predicted octanol–water partition coefficient (Wildman–Crippen LogP) is 6.22. The fourth-order valence-electron chi connectivity index (χ4n) is 2.28. The SMILES string of the molecule is CC.CC.CC1(c2cccnc2)CC1.Cc1cc(C2(C)CC2)on1. The van der Waals surface area contributed by atoms with Crippen molar-refractivity contribution in [3.63, 3.8) is 0 Å². The smallest absolute Gasteiger partial charge is 0.142 e. The maximum absolute atomic E-state index is 5.14. The molecule has 0 saturated heterocycles. The molecule has 24 heavy (non-hydrogen) atoms. The van der Waals surface area contributed by atoms with Crippen LogP contribution in [-0.4, -0.2) is 10.1 Å². The molecule has 0 spiro atoms. The molecule has 0 N–H and O–H groups in total. The van der Waals surface area contributed by atoms with Gasteiger partial charge in [-0.1, -0.05) is 52.8 Å². The number of nitrogens with zero attached hydrogens (tertiary/aromatic N) is 2. The minimum absolute atomic E-state index is 0.335. The first-order chi connectivity index (χ1) is 11.5. The normalized spacial score (nSPS) is 17.8. The number of hydrogen-bond acceptors (Lipinski definition) is 3. The molecule has 2 fully saturated rings. The Balaban J connectivity index is 0.000000199. The summed E-state index contributed by atoms with van der Waals surface area (Å²) in [5.41, 5.74) is 3.20. The van der Waals surface area contributed by atoms with Gasteiger partial charge in [-0.3, -0.25) is 4.98 Å². The highest BCUT2D eigenvalue weighted by atomic mass is 16.5. The summed E-state index contributed by atoms with van der Waals surface area (Å²) >= 11 is 0. The summed E-state index contributed by atoms with van der Waals surface area (Å²) in [4.78, 5) is 4.09. The van der Waals surface area contributed by atoms with Gasteiger partial charge < -0.3 is 4.52 Å². The maximum Gasteiger partial charge on any atom is 0.142 e. The van der Waals surface area contributed by atoms with E-state index >= 15 is 0 Å². The fraction of sp³-hybridized carbons (Fsp3) is 0.619. The standard InChI is InChI=1S/C9H11N.C8H11NO.2C2H6/c1-9(4-5-9)8-3-2-6-10-7-8;1-6-5-7(10-9-6)8(2)3-4-8;2*1-2/h2-3,6-7H,4-5H2,1H3;5H,3-4H2,1-2H3;2*1-2H3. The summed E-state index contributed by atoms with van der Waals surface area (Å²) in [7, 11) is 0. The van der Waals surface area contributed by atoms with Crippen molar-refractivity contribution < 1.29 is 4.52 Å². The molecule has 2 aliphatic carbocycles. The van der Waals surface area contributed by atoms with Gasteiger partial charge in [0, 0.05) is 23.9 Å². The highest BCUT2D eigenvalue weighted by Gasteiger charge is 2.42. The Bertz CT molecular complexity index is 581. The molecule has 3 heteroatoms. The number of aryl methyl sites for hydroxylation is 1. The van der Waals surface area contributed by atoms with E-state index in [1.807, 2.05) is 59.1 Å². The third-order valence-corrected chi connectivity index (χ3v) is 4.58. The van der Waals surface area contributed by atoms with Gasteiger partial charge in [0.1, 0.15) is 5.76 Å². The minimum atomic E-state index is 0.335. The Morgan fingerprint density at radius 1 is 0.958 bits per heavy atom. The highest BCUT2D eigenvalue weighted by Crippen LogP contribution is 2.47. The van der Waals surface area contributed by atoms with Crippen LogP contribution >= 0.6 is 0 Å². The molecule has 0 unspecified atom stereocenters. The fourth-order valence-corrected chi connectivity index (χ4v) is 2.28. The van der Waals surface area contributed by atoms with Crippen LogP contribution in [-0.2, 0) is 10.8 Å². The van der Waals surface area contributed by atoms with Crippen molar-refractivity contribution in [3.05, 3.63) is 47.6 Å². The lowest BCUT2D eigenvalue weighted by molar-refractivity contribution is 0.356. The van der Waals surface area contributed by atoms with Crippen LogP contribution in [0, 0.1) is 6.92 Å². The largest absolute Gasteiger partial charge is 0.361 e. The zero-order chi connectivity index (χ0) is 18.2. The third-order valence-electron chi connectivity index (χ3n) is 4.58. The van der Waals surface area contributed by atoms with Gasteiger partial charge in [-0.15, -0.1) is 0 Å². The van der Waals surface area contributed by atoms with Crippen molar-refractivity contribution in [1.82, 2.24) is 10.1 Å². The van der Waals surface area contributed by atoms with Crippen LogP contribution < -0.4 is 0 Å².